The minimum Gasteiger partial charge on any atom is -0.354 e. The zero-order valence-corrected chi connectivity index (χ0v) is 12.8. The summed E-state index contributed by atoms with van der Waals surface area (Å²) in [6.07, 6.45) is 2.11. The molecule has 3 N–H and O–H groups in total. The summed E-state index contributed by atoms with van der Waals surface area (Å²) in [5.41, 5.74) is 7.17. The fraction of sp³-hybridized carbons (Fsp3) is 0.562. The maximum absolute atomic E-state index is 11.9. The van der Waals surface area contributed by atoms with Crippen molar-refractivity contribution in [2.24, 2.45) is 5.73 Å². The Morgan fingerprint density at radius 1 is 1.25 bits per heavy atom. The Hall–Kier alpha value is -1.39. The van der Waals surface area contributed by atoms with Crippen LogP contribution in [0.5, 0.6) is 0 Å². The van der Waals surface area contributed by atoms with Gasteiger partial charge >= 0.3 is 0 Å². The maximum Gasteiger partial charge on any atom is 0.220 e. The molecule has 0 aromatic heterocycles. The number of benzene rings is 1. The van der Waals surface area contributed by atoms with Crippen molar-refractivity contribution in [3.05, 3.63) is 35.9 Å². The van der Waals surface area contributed by atoms with Gasteiger partial charge in [-0.3, -0.25) is 4.79 Å². The second-order valence-electron chi connectivity index (χ2n) is 5.62. The summed E-state index contributed by atoms with van der Waals surface area (Å²) in [7, 11) is 4.07. The summed E-state index contributed by atoms with van der Waals surface area (Å²) >= 11 is 0. The Kier molecular flexibility index (Phi) is 7.26. The van der Waals surface area contributed by atoms with E-state index in [0.717, 1.165) is 18.5 Å². The van der Waals surface area contributed by atoms with Gasteiger partial charge in [0.1, 0.15) is 0 Å². The van der Waals surface area contributed by atoms with Gasteiger partial charge in [0.2, 0.25) is 5.91 Å². The minimum atomic E-state index is -0.0703. The van der Waals surface area contributed by atoms with Gasteiger partial charge in [0.25, 0.3) is 0 Å². The van der Waals surface area contributed by atoms with Crippen LogP contribution in [0.3, 0.4) is 0 Å². The fourth-order valence-corrected chi connectivity index (χ4v) is 2.02. The second-order valence-corrected chi connectivity index (χ2v) is 5.62. The first-order chi connectivity index (χ1) is 9.49. The normalized spacial score (nSPS) is 14.1. The van der Waals surface area contributed by atoms with Crippen LogP contribution >= 0.6 is 0 Å². The Bertz CT molecular complexity index is 392. The molecule has 2 unspecified atom stereocenters. The highest BCUT2D eigenvalue weighted by Crippen LogP contribution is 2.14. The first-order valence-electron chi connectivity index (χ1n) is 7.23. The standard InChI is InChI=1S/C16H27N3O/c1-13(11-12-19(2)3)18-16(20)10-9-15(17)14-7-5-4-6-8-14/h4-8,13,15H,9-12,17H2,1-3H3,(H,18,20). The van der Waals surface area contributed by atoms with Gasteiger partial charge in [0.05, 0.1) is 0 Å². The van der Waals surface area contributed by atoms with Crippen LogP contribution in [0.1, 0.15) is 37.8 Å². The third-order valence-electron chi connectivity index (χ3n) is 3.33. The molecular formula is C16H27N3O. The lowest BCUT2D eigenvalue weighted by atomic mass is 10.0. The van der Waals surface area contributed by atoms with Crippen molar-refractivity contribution < 1.29 is 4.79 Å². The van der Waals surface area contributed by atoms with Crippen molar-refractivity contribution in [2.45, 2.75) is 38.3 Å². The fourth-order valence-electron chi connectivity index (χ4n) is 2.02. The molecule has 2 atom stereocenters. The molecule has 4 nitrogen and oxygen atoms in total. The van der Waals surface area contributed by atoms with E-state index in [4.69, 9.17) is 5.73 Å². The molecule has 4 heteroatoms. The van der Waals surface area contributed by atoms with Crippen LogP contribution in [-0.2, 0) is 4.79 Å². The largest absolute Gasteiger partial charge is 0.354 e. The van der Waals surface area contributed by atoms with Crippen molar-refractivity contribution in [1.29, 1.82) is 0 Å². The van der Waals surface area contributed by atoms with Crippen LogP contribution in [0.2, 0.25) is 0 Å². The average Bonchev–Trinajstić information content (AvgIpc) is 2.43. The topological polar surface area (TPSA) is 58.4 Å². The summed E-state index contributed by atoms with van der Waals surface area (Å²) < 4.78 is 0. The molecule has 112 valence electrons. The summed E-state index contributed by atoms with van der Waals surface area (Å²) in [5, 5.41) is 3.02. The van der Waals surface area contributed by atoms with E-state index < -0.39 is 0 Å². The number of carbonyl (C=O) groups is 1. The van der Waals surface area contributed by atoms with Crippen molar-refractivity contribution in [3.63, 3.8) is 0 Å². The quantitative estimate of drug-likeness (QED) is 0.763. The summed E-state index contributed by atoms with van der Waals surface area (Å²) in [6.45, 7) is 3.02. The molecule has 1 aromatic carbocycles. The van der Waals surface area contributed by atoms with E-state index in [1.165, 1.54) is 0 Å². The van der Waals surface area contributed by atoms with E-state index >= 15 is 0 Å². The number of nitrogens with one attached hydrogen (secondary N) is 1. The van der Waals surface area contributed by atoms with E-state index in [-0.39, 0.29) is 18.0 Å². The molecule has 0 fully saturated rings. The lowest BCUT2D eigenvalue weighted by Gasteiger charge is -2.17. The minimum absolute atomic E-state index is 0.0703. The molecule has 0 saturated heterocycles. The number of hydrogen-bond acceptors (Lipinski definition) is 3. The molecule has 0 spiro atoms. The molecule has 0 heterocycles. The van der Waals surface area contributed by atoms with Crippen molar-refractivity contribution >= 4 is 5.91 Å². The second kappa shape index (κ2) is 8.72. The Morgan fingerprint density at radius 3 is 2.50 bits per heavy atom. The van der Waals surface area contributed by atoms with E-state index in [9.17, 15) is 4.79 Å². The molecule has 0 bridgehead atoms. The highest BCUT2D eigenvalue weighted by atomic mass is 16.1. The first kappa shape index (κ1) is 16.7. The van der Waals surface area contributed by atoms with Crippen LogP contribution in [-0.4, -0.2) is 37.5 Å². The van der Waals surface area contributed by atoms with Crippen LogP contribution in [0.25, 0.3) is 0 Å². The van der Waals surface area contributed by atoms with Crippen molar-refractivity contribution in [1.82, 2.24) is 10.2 Å². The molecule has 1 aromatic rings. The Balaban J connectivity index is 2.26. The monoisotopic (exact) mass is 277 g/mol. The number of nitrogens with zero attached hydrogens (tertiary/aromatic N) is 1. The summed E-state index contributed by atoms with van der Waals surface area (Å²) in [5.74, 6) is 0.0858. The Labute approximate surface area is 122 Å². The highest BCUT2D eigenvalue weighted by Gasteiger charge is 2.11. The van der Waals surface area contributed by atoms with E-state index in [0.29, 0.717) is 12.8 Å². The molecule has 0 aliphatic heterocycles. The van der Waals surface area contributed by atoms with Crippen molar-refractivity contribution in [3.8, 4) is 0 Å². The lowest BCUT2D eigenvalue weighted by Crippen LogP contribution is -2.35. The number of hydrogen-bond donors (Lipinski definition) is 2. The Morgan fingerprint density at radius 2 is 1.90 bits per heavy atom. The van der Waals surface area contributed by atoms with Gasteiger partial charge in [-0.1, -0.05) is 30.3 Å². The predicted molar refractivity (Wildman–Crippen MR) is 83.4 cm³/mol. The molecule has 1 rings (SSSR count). The zero-order valence-electron chi connectivity index (χ0n) is 12.8. The first-order valence-corrected chi connectivity index (χ1v) is 7.23. The maximum atomic E-state index is 11.9. The highest BCUT2D eigenvalue weighted by molar-refractivity contribution is 5.76. The molecule has 0 radical (unpaired) electrons. The predicted octanol–water partition coefficient (Wildman–Crippen LogP) is 1.92. The molecule has 0 aliphatic carbocycles. The van der Waals surface area contributed by atoms with E-state index in [1.807, 2.05) is 51.4 Å². The smallest absolute Gasteiger partial charge is 0.220 e. The van der Waals surface area contributed by atoms with Gasteiger partial charge in [-0.2, -0.15) is 0 Å². The number of amides is 1. The van der Waals surface area contributed by atoms with Gasteiger partial charge in [-0.25, -0.2) is 0 Å². The molecule has 0 aliphatic rings. The van der Waals surface area contributed by atoms with Gasteiger partial charge in [0, 0.05) is 18.5 Å². The van der Waals surface area contributed by atoms with Gasteiger partial charge in [0.15, 0.2) is 0 Å². The molecule has 20 heavy (non-hydrogen) atoms. The van der Waals surface area contributed by atoms with Crippen LogP contribution < -0.4 is 11.1 Å². The average molecular weight is 277 g/mol. The zero-order chi connectivity index (χ0) is 15.0. The van der Waals surface area contributed by atoms with Crippen molar-refractivity contribution in [2.75, 3.05) is 20.6 Å². The van der Waals surface area contributed by atoms with Gasteiger partial charge in [-0.05, 0) is 46.0 Å². The third kappa shape index (κ3) is 6.68. The van der Waals surface area contributed by atoms with E-state index in [1.54, 1.807) is 0 Å². The summed E-state index contributed by atoms with van der Waals surface area (Å²) in [6, 6.07) is 10.0. The van der Waals surface area contributed by atoms with Crippen LogP contribution in [0.15, 0.2) is 30.3 Å². The van der Waals surface area contributed by atoms with Crippen LogP contribution in [0, 0.1) is 0 Å². The van der Waals surface area contributed by atoms with Crippen LogP contribution in [0.4, 0.5) is 0 Å². The van der Waals surface area contributed by atoms with Gasteiger partial charge < -0.3 is 16.0 Å². The number of rotatable bonds is 8. The van der Waals surface area contributed by atoms with E-state index in [2.05, 4.69) is 10.2 Å². The summed E-state index contributed by atoms with van der Waals surface area (Å²) in [4.78, 5) is 14.0. The SMILES string of the molecule is CC(CCN(C)C)NC(=O)CCC(N)c1ccccc1. The molecular weight excluding hydrogens is 250 g/mol. The van der Waals surface area contributed by atoms with Gasteiger partial charge in [-0.15, -0.1) is 0 Å². The number of nitrogens with two attached hydrogens (primary N) is 1. The molecule has 0 saturated carbocycles. The molecule has 1 amide bonds. The number of carbonyl (C=O) groups excluding carboxylic acids is 1. The third-order valence-corrected chi connectivity index (χ3v) is 3.33. The lowest BCUT2D eigenvalue weighted by molar-refractivity contribution is -0.121.